The highest BCUT2D eigenvalue weighted by atomic mass is 79.9. The Bertz CT molecular complexity index is 397. The number of aliphatic hydroxyl groups excluding tert-OH is 1. The maximum Gasteiger partial charge on any atom is 0.0431 e. The minimum Gasteiger partial charge on any atom is -0.399 e. The Morgan fingerprint density at radius 2 is 2.28 bits per heavy atom. The fourth-order valence-corrected chi connectivity index (χ4v) is 3.19. The van der Waals surface area contributed by atoms with Gasteiger partial charge in [0.2, 0.25) is 0 Å². The second-order valence-electron chi connectivity index (χ2n) is 4.98. The highest BCUT2D eigenvalue weighted by molar-refractivity contribution is 9.10. The number of nitrogens with zero attached hydrogens (tertiary/aromatic N) is 1. The molecule has 0 amide bonds. The van der Waals surface area contributed by atoms with Crippen molar-refractivity contribution in [3.05, 3.63) is 28.2 Å². The monoisotopic (exact) mass is 312 g/mol. The van der Waals surface area contributed by atoms with Gasteiger partial charge in [-0.25, -0.2) is 0 Å². The molecule has 1 aliphatic rings. The Morgan fingerprint density at radius 3 is 3.00 bits per heavy atom. The number of hydrogen-bond donors (Lipinski definition) is 2. The van der Waals surface area contributed by atoms with Gasteiger partial charge in [-0.2, -0.15) is 0 Å². The van der Waals surface area contributed by atoms with Crippen molar-refractivity contribution in [3.8, 4) is 0 Å². The molecule has 0 radical (unpaired) electrons. The molecule has 0 bridgehead atoms. The molecule has 0 spiro atoms. The minimum absolute atomic E-state index is 0.301. The second-order valence-corrected chi connectivity index (χ2v) is 5.84. The Kier molecular flexibility index (Phi) is 5.03. The number of benzene rings is 1. The Balaban J connectivity index is 1.99. The number of halogens is 1. The normalized spacial score (nSPS) is 20.4. The predicted molar refractivity (Wildman–Crippen MR) is 78.3 cm³/mol. The number of rotatable bonds is 5. The summed E-state index contributed by atoms with van der Waals surface area (Å²) in [6, 6.07) is 6.65. The van der Waals surface area contributed by atoms with E-state index in [-0.39, 0.29) is 0 Å². The average molecular weight is 313 g/mol. The quantitative estimate of drug-likeness (QED) is 0.822. The van der Waals surface area contributed by atoms with Crippen LogP contribution in [0.3, 0.4) is 0 Å². The zero-order valence-electron chi connectivity index (χ0n) is 10.6. The van der Waals surface area contributed by atoms with E-state index in [1.165, 1.54) is 18.4 Å². The van der Waals surface area contributed by atoms with Crippen LogP contribution in [0, 0.1) is 0 Å². The zero-order chi connectivity index (χ0) is 13.0. The maximum absolute atomic E-state index is 8.94. The highest BCUT2D eigenvalue weighted by Gasteiger charge is 2.24. The molecule has 1 aliphatic heterocycles. The molecule has 1 aromatic carbocycles. The summed E-state index contributed by atoms with van der Waals surface area (Å²) in [7, 11) is 0. The smallest absolute Gasteiger partial charge is 0.0431 e. The van der Waals surface area contributed by atoms with Crippen LogP contribution in [-0.2, 0) is 6.54 Å². The Hall–Kier alpha value is -0.580. The molecule has 1 atom stereocenters. The molecule has 3 N–H and O–H groups in total. The number of nitrogen functional groups attached to an aromatic ring is 1. The summed E-state index contributed by atoms with van der Waals surface area (Å²) < 4.78 is 1.09. The van der Waals surface area contributed by atoms with Gasteiger partial charge >= 0.3 is 0 Å². The molecule has 0 aliphatic carbocycles. The van der Waals surface area contributed by atoms with E-state index < -0.39 is 0 Å². The summed E-state index contributed by atoms with van der Waals surface area (Å²) in [5.74, 6) is 0. The summed E-state index contributed by atoms with van der Waals surface area (Å²) in [6.07, 6.45) is 4.53. The minimum atomic E-state index is 0.301. The first-order valence-corrected chi connectivity index (χ1v) is 7.39. The van der Waals surface area contributed by atoms with Gasteiger partial charge in [-0.15, -0.1) is 0 Å². The second kappa shape index (κ2) is 6.55. The third-order valence-corrected chi connectivity index (χ3v) is 4.38. The van der Waals surface area contributed by atoms with E-state index >= 15 is 0 Å². The van der Waals surface area contributed by atoms with Crippen LogP contribution in [0.4, 0.5) is 5.69 Å². The molecule has 1 fully saturated rings. The van der Waals surface area contributed by atoms with E-state index in [1.54, 1.807) is 0 Å². The predicted octanol–water partition coefficient (Wildman–Crippen LogP) is 2.77. The van der Waals surface area contributed by atoms with Gasteiger partial charge in [-0.3, -0.25) is 4.90 Å². The summed E-state index contributed by atoms with van der Waals surface area (Å²) >= 11 is 3.58. The van der Waals surface area contributed by atoms with Crippen molar-refractivity contribution in [1.29, 1.82) is 0 Å². The molecule has 0 saturated carbocycles. The fraction of sp³-hybridized carbons (Fsp3) is 0.571. The van der Waals surface area contributed by atoms with Gasteiger partial charge < -0.3 is 10.8 Å². The number of likely N-dealkylation sites (tertiary alicyclic amines) is 1. The molecular formula is C14H21BrN2O. The van der Waals surface area contributed by atoms with Crippen molar-refractivity contribution >= 4 is 21.6 Å². The molecule has 4 heteroatoms. The van der Waals surface area contributed by atoms with Crippen LogP contribution in [0.1, 0.15) is 31.2 Å². The van der Waals surface area contributed by atoms with Crippen LogP contribution in [0.2, 0.25) is 0 Å². The first-order chi connectivity index (χ1) is 8.70. The van der Waals surface area contributed by atoms with Crippen LogP contribution in [0.15, 0.2) is 22.7 Å². The molecule has 1 unspecified atom stereocenters. The first kappa shape index (κ1) is 13.8. The van der Waals surface area contributed by atoms with E-state index in [9.17, 15) is 0 Å². The fourth-order valence-electron chi connectivity index (χ4n) is 2.67. The van der Waals surface area contributed by atoms with Crippen molar-refractivity contribution in [2.24, 2.45) is 0 Å². The van der Waals surface area contributed by atoms with Crippen molar-refractivity contribution in [2.45, 2.75) is 38.3 Å². The van der Waals surface area contributed by atoms with E-state index in [0.29, 0.717) is 12.6 Å². The zero-order valence-corrected chi connectivity index (χ0v) is 12.2. The lowest BCUT2D eigenvalue weighted by Crippen LogP contribution is -2.29. The van der Waals surface area contributed by atoms with Gasteiger partial charge in [0.15, 0.2) is 0 Å². The largest absolute Gasteiger partial charge is 0.399 e. The summed E-state index contributed by atoms with van der Waals surface area (Å²) in [5.41, 5.74) is 7.84. The molecule has 1 aromatic rings. The Morgan fingerprint density at radius 1 is 1.44 bits per heavy atom. The highest BCUT2D eigenvalue weighted by Crippen LogP contribution is 2.27. The summed E-state index contributed by atoms with van der Waals surface area (Å²) in [4.78, 5) is 2.52. The van der Waals surface area contributed by atoms with Gasteiger partial charge in [-0.05, 0) is 49.9 Å². The van der Waals surface area contributed by atoms with Gasteiger partial charge in [0.1, 0.15) is 0 Å². The molecule has 3 nitrogen and oxygen atoms in total. The Labute approximate surface area is 117 Å². The van der Waals surface area contributed by atoms with E-state index in [1.807, 2.05) is 12.1 Å². The topological polar surface area (TPSA) is 49.5 Å². The van der Waals surface area contributed by atoms with E-state index in [2.05, 4.69) is 26.9 Å². The number of hydrogen-bond acceptors (Lipinski definition) is 3. The number of aliphatic hydroxyl groups is 1. The maximum atomic E-state index is 8.94. The van der Waals surface area contributed by atoms with Crippen LogP contribution < -0.4 is 5.73 Å². The summed E-state index contributed by atoms with van der Waals surface area (Å²) in [5, 5.41) is 8.94. The number of nitrogens with two attached hydrogens (primary N) is 1. The van der Waals surface area contributed by atoms with Crippen molar-refractivity contribution in [1.82, 2.24) is 4.90 Å². The molecule has 100 valence electrons. The average Bonchev–Trinajstić information content (AvgIpc) is 2.77. The lowest BCUT2D eigenvalue weighted by atomic mass is 10.1. The van der Waals surface area contributed by atoms with Crippen molar-refractivity contribution < 1.29 is 5.11 Å². The molecule has 18 heavy (non-hydrogen) atoms. The third kappa shape index (κ3) is 3.46. The lowest BCUT2D eigenvalue weighted by molar-refractivity contribution is 0.210. The van der Waals surface area contributed by atoms with Crippen molar-refractivity contribution in [3.63, 3.8) is 0 Å². The van der Waals surface area contributed by atoms with Crippen LogP contribution >= 0.6 is 15.9 Å². The van der Waals surface area contributed by atoms with Crippen molar-refractivity contribution in [2.75, 3.05) is 18.9 Å². The molecule has 1 saturated heterocycles. The van der Waals surface area contributed by atoms with Crippen LogP contribution in [0.25, 0.3) is 0 Å². The molecule has 2 rings (SSSR count). The summed E-state index contributed by atoms with van der Waals surface area (Å²) in [6.45, 7) is 2.43. The van der Waals surface area contributed by atoms with Gasteiger partial charge in [0, 0.05) is 29.4 Å². The first-order valence-electron chi connectivity index (χ1n) is 6.59. The lowest BCUT2D eigenvalue weighted by Gasteiger charge is -2.24. The molecular weight excluding hydrogens is 292 g/mol. The van der Waals surface area contributed by atoms with E-state index in [0.717, 1.165) is 36.1 Å². The SMILES string of the molecule is Nc1ccc(CN2CCCC2CCCO)c(Br)c1. The molecule has 0 aromatic heterocycles. The standard InChI is InChI=1S/C14H21BrN2O/c15-14-9-12(16)6-5-11(14)10-17-7-1-3-13(17)4-2-8-18/h5-6,9,13,18H,1-4,7-8,10,16H2. The van der Waals surface area contributed by atoms with Crippen LogP contribution in [0.5, 0.6) is 0 Å². The van der Waals surface area contributed by atoms with Gasteiger partial charge in [0.25, 0.3) is 0 Å². The van der Waals surface area contributed by atoms with Gasteiger partial charge in [-0.1, -0.05) is 22.0 Å². The molecule has 1 heterocycles. The third-order valence-electron chi connectivity index (χ3n) is 3.65. The van der Waals surface area contributed by atoms with Gasteiger partial charge in [0.05, 0.1) is 0 Å². The van der Waals surface area contributed by atoms with E-state index in [4.69, 9.17) is 10.8 Å². The number of anilines is 1. The van der Waals surface area contributed by atoms with Crippen LogP contribution in [-0.4, -0.2) is 29.2 Å².